The number of fused-ring (bicyclic) bond motifs is 3. The van der Waals surface area contributed by atoms with Gasteiger partial charge in [-0.25, -0.2) is 0 Å². The van der Waals surface area contributed by atoms with Crippen LogP contribution in [-0.4, -0.2) is 27.5 Å². The van der Waals surface area contributed by atoms with Crippen LogP contribution in [-0.2, 0) is 7.05 Å². The lowest BCUT2D eigenvalue weighted by atomic mass is 10.0. The number of aryl methyl sites for hydroxylation is 2. The molecular weight excluding hydrogens is 547 g/mol. The van der Waals surface area contributed by atoms with Crippen molar-refractivity contribution in [2.24, 2.45) is 12.1 Å². The van der Waals surface area contributed by atoms with Gasteiger partial charge in [0.05, 0.1) is 22.6 Å². The lowest BCUT2D eigenvalue weighted by Crippen LogP contribution is -2.24. The van der Waals surface area contributed by atoms with Gasteiger partial charge in [-0.15, -0.1) is 13.2 Å². The van der Waals surface area contributed by atoms with Crippen molar-refractivity contribution >= 4 is 62.5 Å². The van der Waals surface area contributed by atoms with Crippen LogP contribution >= 0.6 is 23.8 Å². The number of aromatic nitrogens is 2. The highest BCUT2D eigenvalue weighted by atomic mass is 35.5. The highest BCUT2D eigenvalue weighted by molar-refractivity contribution is 7.80. The molecule has 0 aliphatic carbocycles. The van der Waals surface area contributed by atoms with Crippen molar-refractivity contribution in [2.75, 3.05) is 5.32 Å². The van der Waals surface area contributed by atoms with Crippen LogP contribution in [0.3, 0.4) is 0 Å². The van der Waals surface area contributed by atoms with Gasteiger partial charge in [0.1, 0.15) is 11.3 Å². The van der Waals surface area contributed by atoms with Crippen molar-refractivity contribution in [3.63, 3.8) is 0 Å². The van der Waals surface area contributed by atoms with Gasteiger partial charge >= 0.3 is 6.36 Å². The van der Waals surface area contributed by atoms with E-state index >= 15 is 0 Å². The van der Waals surface area contributed by atoms with Crippen molar-refractivity contribution in [3.8, 4) is 17.0 Å². The Morgan fingerprint density at radius 3 is 2.51 bits per heavy atom. The molecular formula is C28H21ClF3N5OS. The number of hydrogen-bond acceptors (Lipinski definition) is 4. The fraction of sp³-hybridized carbons (Fsp3) is 0.107. The molecule has 0 saturated heterocycles. The van der Waals surface area contributed by atoms with E-state index in [1.165, 1.54) is 12.1 Å². The molecule has 198 valence electrons. The van der Waals surface area contributed by atoms with E-state index in [1.807, 2.05) is 49.4 Å². The molecule has 6 nitrogen and oxygen atoms in total. The normalized spacial score (nSPS) is 11.8. The minimum absolute atomic E-state index is 0.276. The smallest absolute Gasteiger partial charge is 0.406 e. The van der Waals surface area contributed by atoms with E-state index in [0.717, 1.165) is 49.7 Å². The molecule has 1 heterocycles. The molecule has 0 radical (unpaired) electrons. The molecule has 0 aliphatic rings. The van der Waals surface area contributed by atoms with Crippen molar-refractivity contribution in [3.05, 3.63) is 88.9 Å². The molecule has 5 rings (SSSR count). The highest BCUT2D eigenvalue weighted by Gasteiger charge is 2.31. The number of thiocarbonyl (C=S) groups is 1. The quantitative estimate of drug-likeness (QED) is 0.130. The Bertz CT molecular complexity index is 1710. The first-order valence-electron chi connectivity index (χ1n) is 11.7. The first-order valence-corrected chi connectivity index (χ1v) is 12.5. The van der Waals surface area contributed by atoms with Crippen LogP contribution < -0.4 is 15.5 Å². The van der Waals surface area contributed by atoms with E-state index in [0.29, 0.717) is 10.1 Å². The molecule has 0 amide bonds. The SMILES string of the molecule is Cc1cccc(Cl)c1NC(=S)N/N=C/c1ccc2c(ccc3c(-c4ccc(OC(F)(F)F)cc4)n(C)nc32)c1. The Hall–Kier alpha value is -4.15. The van der Waals surface area contributed by atoms with Gasteiger partial charge in [0.25, 0.3) is 0 Å². The van der Waals surface area contributed by atoms with Crippen LogP contribution in [0.25, 0.3) is 32.9 Å². The number of para-hydroxylation sites is 1. The van der Waals surface area contributed by atoms with Gasteiger partial charge in [-0.2, -0.15) is 10.2 Å². The van der Waals surface area contributed by atoms with Crippen LogP contribution in [0.1, 0.15) is 11.1 Å². The molecule has 0 saturated carbocycles. The maximum absolute atomic E-state index is 12.5. The molecule has 4 aromatic carbocycles. The van der Waals surface area contributed by atoms with E-state index < -0.39 is 6.36 Å². The monoisotopic (exact) mass is 567 g/mol. The number of benzene rings is 4. The first kappa shape index (κ1) is 26.5. The van der Waals surface area contributed by atoms with Gasteiger partial charge in [-0.1, -0.05) is 41.9 Å². The Balaban J connectivity index is 1.36. The molecule has 39 heavy (non-hydrogen) atoms. The van der Waals surface area contributed by atoms with Crippen molar-refractivity contribution in [1.82, 2.24) is 15.2 Å². The maximum atomic E-state index is 12.5. The topological polar surface area (TPSA) is 63.5 Å². The number of rotatable bonds is 5. The zero-order valence-electron chi connectivity index (χ0n) is 20.7. The van der Waals surface area contributed by atoms with E-state index in [2.05, 4.69) is 20.6 Å². The van der Waals surface area contributed by atoms with E-state index in [1.54, 1.807) is 36.1 Å². The number of anilines is 1. The fourth-order valence-corrected chi connectivity index (χ4v) is 4.76. The molecule has 0 aliphatic heterocycles. The van der Waals surface area contributed by atoms with Gasteiger partial charge in [0.2, 0.25) is 0 Å². The van der Waals surface area contributed by atoms with Gasteiger partial charge in [0.15, 0.2) is 5.11 Å². The number of halogens is 4. The van der Waals surface area contributed by atoms with Crippen molar-refractivity contribution in [1.29, 1.82) is 0 Å². The molecule has 0 unspecified atom stereocenters. The summed E-state index contributed by atoms with van der Waals surface area (Å²) in [6.45, 7) is 1.93. The van der Waals surface area contributed by atoms with Gasteiger partial charge in [-0.3, -0.25) is 10.1 Å². The number of hydrazone groups is 1. The Morgan fingerprint density at radius 1 is 1.05 bits per heavy atom. The van der Waals surface area contributed by atoms with E-state index in [4.69, 9.17) is 28.9 Å². The average Bonchev–Trinajstić information content (AvgIpc) is 3.22. The molecule has 2 N–H and O–H groups in total. The largest absolute Gasteiger partial charge is 0.573 e. The molecule has 0 bridgehead atoms. The summed E-state index contributed by atoms with van der Waals surface area (Å²) in [6.07, 6.45) is -3.08. The van der Waals surface area contributed by atoms with Gasteiger partial charge in [0, 0.05) is 23.4 Å². The lowest BCUT2D eigenvalue weighted by molar-refractivity contribution is -0.274. The molecule has 0 fully saturated rings. The highest BCUT2D eigenvalue weighted by Crippen LogP contribution is 2.34. The minimum atomic E-state index is -4.74. The third-order valence-electron chi connectivity index (χ3n) is 6.05. The van der Waals surface area contributed by atoms with E-state index in [-0.39, 0.29) is 5.75 Å². The molecule has 11 heteroatoms. The summed E-state index contributed by atoms with van der Waals surface area (Å²) in [5.41, 5.74) is 7.62. The molecule has 0 spiro atoms. The lowest BCUT2D eigenvalue weighted by Gasteiger charge is -2.11. The summed E-state index contributed by atoms with van der Waals surface area (Å²) >= 11 is 11.6. The van der Waals surface area contributed by atoms with Crippen LogP contribution in [0.2, 0.25) is 5.02 Å². The summed E-state index contributed by atoms with van der Waals surface area (Å²) < 4.78 is 43.2. The van der Waals surface area contributed by atoms with Crippen LogP contribution in [0.4, 0.5) is 18.9 Å². The second-order valence-electron chi connectivity index (χ2n) is 8.74. The molecule has 0 atom stereocenters. The second kappa shape index (κ2) is 10.5. The van der Waals surface area contributed by atoms with Crippen LogP contribution in [0, 0.1) is 6.92 Å². The first-order chi connectivity index (χ1) is 18.6. The maximum Gasteiger partial charge on any atom is 0.573 e. The summed E-state index contributed by atoms with van der Waals surface area (Å²) in [7, 11) is 1.80. The number of nitrogens with one attached hydrogen (secondary N) is 2. The predicted molar refractivity (Wildman–Crippen MR) is 153 cm³/mol. The third-order valence-corrected chi connectivity index (χ3v) is 6.55. The summed E-state index contributed by atoms with van der Waals surface area (Å²) in [6, 6.07) is 21.1. The van der Waals surface area contributed by atoms with Gasteiger partial charge in [-0.05, 0) is 78.1 Å². The molecule has 5 aromatic rings. The molecule has 1 aromatic heterocycles. The minimum Gasteiger partial charge on any atom is -0.406 e. The predicted octanol–water partition coefficient (Wildman–Crippen LogP) is 7.57. The second-order valence-corrected chi connectivity index (χ2v) is 9.56. The van der Waals surface area contributed by atoms with Crippen molar-refractivity contribution < 1.29 is 17.9 Å². The number of ether oxygens (including phenoxy) is 1. The Labute approximate surface area is 232 Å². The van der Waals surface area contributed by atoms with E-state index in [9.17, 15) is 13.2 Å². The van der Waals surface area contributed by atoms with Gasteiger partial charge < -0.3 is 10.1 Å². The van der Waals surface area contributed by atoms with Crippen LogP contribution in [0.15, 0.2) is 77.9 Å². The van der Waals surface area contributed by atoms with Crippen molar-refractivity contribution in [2.45, 2.75) is 13.3 Å². The number of hydrogen-bond donors (Lipinski definition) is 2. The van der Waals surface area contributed by atoms with Crippen LogP contribution in [0.5, 0.6) is 5.75 Å². The Kier molecular flexibility index (Phi) is 7.16. The Morgan fingerprint density at radius 2 is 1.79 bits per heavy atom. The summed E-state index contributed by atoms with van der Waals surface area (Å²) in [5, 5.41) is 15.6. The fourth-order valence-electron chi connectivity index (χ4n) is 4.34. The standard InChI is InChI=1S/C28H21ClF3N5OS/c1-16-4-3-5-23(29)24(16)34-27(39)35-33-15-17-6-12-21-19(14-17)9-13-22-25(21)36-37(2)26(22)18-7-10-20(11-8-18)38-28(30,31)32/h3-15H,1-2H3,(H2,34,35,39)/b33-15+. The summed E-state index contributed by atoms with van der Waals surface area (Å²) in [5.74, 6) is -0.276. The average molecular weight is 568 g/mol. The zero-order chi connectivity index (χ0) is 27.7. The third kappa shape index (κ3) is 5.81. The summed E-state index contributed by atoms with van der Waals surface area (Å²) in [4.78, 5) is 0. The number of nitrogens with zero attached hydrogens (tertiary/aromatic N) is 3. The number of alkyl halides is 3. The zero-order valence-corrected chi connectivity index (χ0v) is 22.2.